The van der Waals surface area contributed by atoms with Crippen LogP contribution in [0.1, 0.15) is 0 Å². The van der Waals surface area contributed by atoms with Crippen LogP contribution in [0, 0.1) is 0 Å². The molecule has 3 nitrogen and oxygen atoms in total. The Morgan fingerprint density at radius 3 is 1.60 bits per heavy atom. The van der Waals surface area contributed by atoms with Crippen molar-refractivity contribution in [2.45, 2.75) is 0 Å². The Morgan fingerprint density at radius 2 is 1.60 bits per heavy atom. The molecule has 0 aliphatic carbocycles. The SMILES string of the molecule is [O]=[Ti]=[S](=O)=O. The van der Waals surface area contributed by atoms with Crippen molar-refractivity contribution in [1.29, 1.82) is 0 Å². The molecule has 0 fully saturated rings. The quantitative estimate of drug-likeness (QED) is 0.401. The Kier molecular flexibility index (Phi) is 2.74. The predicted octanol–water partition coefficient (Wildman–Crippen LogP) is -0.791. The van der Waals surface area contributed by atoms with Gasteiger partial charge in [-0.15, -0.1) is 0 Å². The number of hydrogen-bond acceptors (Lipinski definition) is 3. The van der Waals surface area contributed by atoms with Crippen molar-refractivity contribution in [3.63, 3.8) is 0 Å². The summed E-state index contributed by atoms with van der Waals surface area (Å²) in [6.45, 7) is 0. The van der Waals surface area contributed by atoms with Gasteiger partial charge in [0, 0.05) is 0 Å². The molecule has 0 bridgehead atoms. The van der Waals surface area contributed by atoms with Crippen LogP contribution in [0.25, 0.3) is 0 Å². The molecular formula is O3STi. The van der Waals surface area contributed by atoms with Gasteiger partial charge in [0.2, 0.25) is 0 Å². The van der Waals surface area contributed by atoms with Gasteiger partial charge in [-0.05, 0) is 0 Å². The third kappa shape index (κ3) is 4.33. The second kappa shape index (κ2) is 2.57. The molecule has 0 aliphatic heterocycles. The van der Waals surface area contributed by atoms with Gasteiger partial charge in [0.15, 0.2) is 0 Å². The fraction of sp³-hybridized carbons (Fsp3) is 0. The van der Waals surface area contributed by atoms with E-state index < -0.39 is 25.0 Å². The van der Waals surface area contributed by atoms with Gasteiger partial charge in [-0.2, -0.15) is 0 Å². The minimum atomic E-state index is -2.25. The number of hydrogen-bond donors (Lipinski definition) is 0. The summed E-state index contributed by atoms with van der Waals surface area (Å²) in [5, 5.41) is 0. The zero-order valence-corrected chi connectivity index (χ0v) is 4.51. The second-order valence-electron chi connectivity index (χ2n) is 0.318. The van der Waals surface area contributed by atoms with Gasteiger partial charge in [0.05, 0.1) is 0 Å². The van der Waals surface area contributed by atoms with Gasteiger partial charge in [-0.1, -0.05) is 0 Å². The molecule has 5 heavy (non-hydrogen) atoms. The maximum absolute atomic E-state index is 9.14. The van der Waals surface area contributed by atoms with Crippen LogP contribution in [-0.4, -0.2) is 8.42 Å². The van der Waals surface area contributed by atoms with Gasteiger partial charge in [0.25, 0.3) is 0 Å². The van der Waals surface area contributed by atoms with E-state index in [-0.39, 0.29) is 0 Å². The molecule has 0 atom stereocenters. The molecule has 0 unspecified atom stereocenters. The first-order valence-electron chi connectivity index (χ1n) is 0.742. The topological polar surface area (TPSA) is 51.2 Å². The molecule has 0 rings (SSSR count). The third-order valence-electron chi connectivity index (χ3n) is 0.0680. The summed E-state index contributed by atoms with van der Waals surface area (Å²) < 4.78 is 27.4. The summed E-state index contributed by atoms with van der Waals surface area (Å²) in [5.41, 5.74) is 0. The molecule has 28 valence electrons. The summed E-state index contributed by atoms with van der Waals surface area (Å²) in [5.74, 6) is 0. The van der Waals surface area contributed by atoms with Crippen molar-refractivity contribution >= 4 is 7.78 Å². The molecule has 0 amide bonds. The van der Waals surface area contributed by atoms with Crippen molar-refractivity contribution in [3.05, 3.63) is 0 Å². The molecule has 5 heteroatoms. The Hall–Kier alpha value is 0.334. The standard InChI is InChI=1S/O2S.O.Ti/c1-3-2;;. The zero-order valence-electron chi connectivity index (χ0n) is 2.13. The van der Waals surface area contributed by atoms with E-state index in [2.05, 4.69) is 0 Å². The van der Waals surface area contributed by atoms with E-state index in [0.29, 0.717) is 0 Å². The minimum absolute atomic E-state index is 1.89. The van der Waals surface area contributed by atoms with E-state index in [1.807, 2.05) is 0 Å². The van der Waals surface area contributed by atoms with E-state index in [9.17, 15) is 0 Å². The van der Waals surface area contributed by atoms with Gasteiger partial charge in [-0.25, -0.2) is 0 Å². The van der Waals surface area contributed by atoms with E-state index in [0.717, 1.165) is 0 Å². The van der Waals surface area contributed by atoms with Crippen molar-refractivity contribution < 1.29 is 29.0 Å². The Bertz CT molecular complexity index is 138. The van der Waals surface area contributed by atoms with Crippen LogP contribution in [0.4, 0.5) is 0 Å². The molecular weight excluding hydrogens is 128 g/mol. The molecule has 0 aromatic heterocycles. The summed E-state index contributed by atoms with van der Waals surface area (Å²) in [6, 6.07) is 0. The molecule has 0 aromatic rings. The average molecular weight is 128 g/mol. The average Bonchev–Trinajstić information content (AvgIpc) is 1.38. The molecule has 0 saturated carbocycles. The van der Waals surface area contributed by atoms with Crippen LogP contribution in [0.2, 0.25) is 0 Å². The molecule has 0 saturated heterocycles. The third-order valence-corrected chi connectivity index (χ3v) is 0.842. The monoisotopic (exact) mass is 128 g/mol. The van der Waals surface area contributed by atoms with Crippen molar-refractivity contribution in [1.82, 2.24) is 0 Å². The zero-order chi connectivity index (χ0) is 4.28. The van der Waals surface area contributed by atoms with Crippen LogP contribution in [0.5, 0.6) is 0 Å². The van der Waals surface area contributed by atoms with Crippen LogP contribution in [0.3, 0.4) is 0 Å². The predicted molar refractivity (Wildman–Crippen MR) is 9.61 cm³/mol. The molecule has 0 N–H and O–H groups in total. The fourth-order valence-corrected chi connectivity index (χ4v) is 0. The summed E-state index contributed by atoms with van der Waals surface area (Å²) >= 11 is -1.89. The van der Waals surface area contributed by atoms with Crippen LogP contribution in [0.15, 0.2) is 0 Å². The summed E-state index contributed by atoms with van der Waals surface area (Å²) in [4.78, 5) is 0. The second-order valence-corrected chi connectivity index (χ2v) is 3.30. The summed E-state index contributed by atoms with van der Waals surface area (Å²) in [7, 11) is -2.25. The first-order valence-corrected chi connectivity index (χ1v) is 4.37. The van der Waals surface area contributed by atoms with E-state index >= 15 is 0 Å². The first-order chi connectivity index (χ1) is 2.27. The normalized spacial score (nSPS) is 5.60. The van der Waals surface area contributed by atoms with Crippen molar-refractivity contribution in [2.75, 3.05) is 0 Å². The van der Waals surface area contributed by atoms with Crippen LogP contribution >= 0.6 is 0 Å². The Morgan fingerprint density at radius 1 is 1.40 bits per heavy atom. The van der Waals surface area contributed by atoms with Crippen LogP contribution < -0.4 is 0 Å². The first kappa shape index (κ1) is 5.33. The molecule has 0 radical (unpaired) electrons. The molecule has 0 aromatic carbocycles. The van der Waals surface area contributed by atoms with Gasteiger partial charge >= 0.3 is 36.8 Å². The van der Waals surface area contributed by atoms with Gasteiger partial charge in [0.1, 0.15) is 0 Å². The molecule has 0 spiro atoms. The van der Waals surface area contributed by atoms with E-state index in [1.54, 1.807) is 0 Å². The maximum atomic E-state index is 9.14. The number of rotatable bonds is 0. The van der Waals surface area contributed by atoms with E-state index in [4.69, 9.17) is 11.7 Å². The van der Waals surface area contributed by atoms with Gasteiger partial charge in [-0.3, -0.25) is 0 Å². The molecule has 0 aliphatic rings. The van der Waals surface area contributed by atoms with Gasteiger partial charge < -0.3 is 0 Å². The van der Waals surface area contributed by atoms with Crippen molar-refractivity contribution in [2.24, 2.45) is 0 Å². The summed E-state index contributed by atoms with van der Waals surface area (Å²) in [6.07, 6.45) is 0. The Labute approximate surface area is 37.2 Å². The van der Waals surface area contributed by atoms with Crippen molar-refractivity contribution in [3.8, 4) is 0 Å². The van der Waals surface area contributed by atoms with E-state index in [1.165, 1.54) is 0 Å². The fourth-order valence-electron chi connectivity index (χ4n) is 0. The Balaban J connectivity index is 5.08. The van der Waals surface area contributed by atoms with Crippen LogP contribution in [-0.2, 0) is 28.4 Å². The molecule has 0 heterocycles.